The van der Waals surface area contributed by atoms with E-state index in [0.29, 0.717) is 22.9 Å². The number of fused-ring (bicyclic) bond motifs is 1. The van der Waals surface area contributed by atoms with Crippen LogP contribution < -0.4 is 10.1 Å². The summed E-state index contributed by atoms with van der Waals surface area (Å²) in [6.07, 6.45) is 5.89. The Kier molecular flexibility index (Phi) is 10.6. The van der Waals surface area contributed by atoms with E-state index in [1.54, 1.807) is 33.2 Å². The van der Waals surface area contributed by atoms with Gasteiger partial charge >= 0.3 is 0 Å². The summed E-state index contributed by atoms with van der Waals surface area (Å²) in [6.45, 7) is 5.38. The Bertz CT molecular complexity index is 1170. The molecule has 0 saturated heterocycles. The van der Waals surface area contributed by atoms with Gasteiger partial charge in [-0.3, -0.25) is 9.59 Å². The Balaban J connectivity index is 1.51. The predicted molar refractivity (Wildman–Crippen MR) is 152 cm³/mol. The van der Waals surface area contributed by atoms with E-state index >= 15 is 0 Å². The van der Waals surface area contributed by atoms with Gasteiger partial charge in [-0.2, -0.15) is 4.31 Å². The summed E-state index contributed by atoms with van der Waals surface area (Å²) in [4.78, 5) is 31.7. The van der Waals surface area contributed by atoms with Crippen molar-refractivity contribution in [1.29, 1.82) is 0 Å². The number of carbonyl (C=O) groups excluding carboxylic acids is 2. The molecule has 1 unspecified atom stereocenters. The minimum atomic E-state index is -3.85. The highest BCUT2D eigenvalue weighted by Gasteiger charge is 2.38. The van der Waals surface area contributed by atoms with Gasteiger partial charge in [0.1, 0.15) is 5.75 Å². The molecule has 1 N–H and O–H groups in total. The van der Waals surface area contributed by atoms with E-state index in [9.17, 15) is 18.0 Å². The Morgan fingerprint density at radius 2 is 1.79 bits per heavy atom. The maximum atomic E-state index is 13.3. The largest absolute Gasteiger partial charge is 0.497 e. The number of hydrogen-bond donors (Lipinski definition) is 1. The van der Waals surface area contributed by atoms with Crippen molar-refractivity contribution in [3.8, 4) is 5.75 Å². The number of nitrogens with zero attached hydrogens (tertiary/aromatic N) is 4. The summed E-state index contributed by atoms with van der Waals surface area (Å²) >= 11 is 0. The molecule has 0 spiro atoms. The maximum Gasteiger partial charge on any atom is 0.245 e. The van der Waals surface area contributed by atoms with Crippen LogP contribution in [-0.2, 0) is 19.6 Å². The molecule has 3 rings (SSSR count). The van der Waals surface area contributed by atoms with E-state index in [1.165, 1.54) is 14.8 Å². The average Bonchev–Trinajstić information content (AvgIpc) is 2.88. The smallest absolute Gasteiger partial charge is 0.245 e. The molecule has 0 radical (unpaired) electrons. The van der Waals surface area contributed by atoms with Crippen molar-refractivity contribution >= 4 is 21.8 Å². The molecular weight excluding hydrogens is 518 g/mol. The molecule has 0 bridgehead atoms. The van der Waals surface area contributed by atoms with E-state index < -0.39 is 15.9 Å². The van der Waals surface area contributed by atoms with E-state index in [0.717, 1.165) is 38.8 Å². The number of ether oxygens (including phenoxy) is 1. The second kappa shape index (κ2) is 13.3. The molecule has 1 atom stereocenters. The maximum absolute atomic E-state index is 13.3. The first kappa shape index (κ1) is 31.1. The van der Waals surface area contributed by atoms with Gasteiger partial charge in [0.25, 0.3) is 0 Å². The number of benzene rings is 1. The first-order valence-corrected chi connectivity index (χ1v) is 15.0. The third kappa shape index (κ3) is 7.81. The monoisotopic (exact) mass is 563 g/mol. The first-order valence-electron chi connectivity index (χ1n) is 13.6. The lowest BCUT2D eigenvalue weighted by Crippen LogP contribution is -2.46. The van der Waals surface area contributed by atoms with Crippen LogP contribution in [0, 0.1) is 6.92 Å². The van der Waals surface area contributed by atoms with Crippen molar-refractivity contribution in [3.63, 3.8) is 0 Å². The Labute approximate surface area is 234 Å². The van der Waals surface area contributed by atoms with Crippen LogP contribution in [0.15, 0.2) is 28.8 Å². The molecule has 1 fully saturated rings. The van der Waals surface area contributed by atoms with E-state index in [4.69, 9.17) is 4.74 Å². The normalized spacial score (nSPS) is 21.0. The molecule has 1 aliphatic carbocycles. The molecule has 39 heavy (non-hydrogen) atoms. The molecule has 1 heterocycles. The minimum Gasteiger partial charge on any atom is -0.497 e. The lowest BCUT2D eigenvalue weighted by atomic mass is 9.90. The lowest BCUT2D eigenvalue weighted by molar-refractivity contribution is -0.130. The number of rotatable bonds is 10. The number of methoxy groups -OCH3 is 1. The zero-order valence-electron chi connectivity index (χ0n) is 24.5. The van der Waals surface area contributed by atoms with Crippen LogP contribution in [-0.4, -0.2) is 113 Å². The van der Waals surface area contributed by atoms with Crippen LogP contribution in [0.4, 0.5) is 0 Å². The number of allylic oxidation sites excluding steroid dienone is 1. The van der Waals surface area contributed by atoms with Crippen molar-refractivity contribution in [1.82, 2.24) is 24.3 Å². The fourth-order valence-electron chi connectivity index (χ4n) is 5.33. The molecule has 1 aliphatic heterocycles. The summed E-state index contributed by atoms with van der Waals surface area (Å²) in [5.41, 5.74) is 2.51. The highest BCUT2D eigenvalue weighted by atomic mass is 32.2. The number of aryl methyl sites for hydroxylation is 1. The Morgan fingerprint density at radius 1 is 1.13 bits per heavy atom. The summed E-state index contributed by atoms with van der Waals surface area (Å²) in [5, 5.41) is 2.61. The summed E-state index contributed by atoms with van der Waals surface area (Å²) in [5.74, 6) is -0.245. The van der Waals surface area contributed by atoms with Gasteiger partial charge in [-0.1, -0.05) is 12.5 Å². The van der Waals surface area contributed by atoms with E-state index in [-0.39, 0.29) is 36.4 Å². The van der Waals surface area contributed by atoms with Crippen LogP contribution in [0.2, 0.25) is 0 Å². The SMILES string of the molecule is COc1cc(C)c2c(c1)C(C)CN(CC(=O)NCC(=O)N(C)C=C1CCC(N(C)CCN(C)C)CC1)S2(=O)=O. The molecule has 10 nitrogen and oxygen atoms in total. The molecule has 1 aromatic rings. The third-order valence-corrected chi connectivity index (χ3v) is 9.80. The van der Waals surface area contributed by atoms with Gasteiger partial charge < -0.3 is 24.8 Å². The number of amides is 2. The van der Waals surface area contributed by atoms with Crippen LogP contribution >= 0.6 is 0 Å². The number of likely N-dealkylation sites (N-methyl/N-ethyl adjacent to an activating group) is 3. The van der Waals surface area contributed by atoms with Crippen LogP contribution in [0.1, 0.15) is 49.7 Å². The number of carbonyl (C=O) groups is 2. The molecule has 218 valence electrons. The van der Waals surface area contributed by atoms with Gasteiger partial charge in [-0.15, -0.1) is 0 Å². The second-order valence-electron chi connectivity index (χ2n) is 11.1. The summed E-state index contributed by atoms with van der Waals surface area (Å²) in [7, 11) is 5.73. The Hall–Kier alpha value is -2.47. The fourth-order valence-corrected chi connectivity index (χ4v) is 7.32. The Morgan fingerprint density at radius 3 is 2.41 bits per heavy atom. The highest BCUT2D eigenvalue weighted by Crippen LogP contribution is 2.38. The second-order valence-corrected chi connectivity index (χ2v) is 13.0. The zero-order valence-corrected chi connectivity index (χ0v) is 25.3. The standard InChI is InChI=1S/C28H45N5O5S/c1-20-14-24(38-7)15-25-21(2)17-33(39(36,37)28(20)25)19-26(34)29-16-27(35)32(6)18-22-8-10-23(11-9-22)31(5)13-12-30(3)4/h14-15,18,21,23H,8-13,16-17,19H2,1-7H3,(H,29,34). The third-order valence-electron chi connectivity index (χ3n) is 7.77. The van der Waals surface area contributed by atoms with Gasteiger partial charge in [0.05, 0.1) is 25.1 Å². The average molecular weight is 564 g/mol. The van der Waals surface area contributed by atoms with E-state index in [2.05, 4.69) is 36.3 Å². The zero-order chi connectivity index (χ0) is 28.9. The number of nitrogens with one attached hydrogen (secondary N) is 1. The van der Waals surface area contributed by atoms with Crippen molar-refractivity contribution in [3.05, 3.63) is 35.0 Å². The molecule has 1 saturated carbocycles. The number of hydrogen-bond acceptors (Lipinski definition) is 7. The van der Waals surface area contributed by atoms with E-state index in [1.807, 2.05) is 13.1 Å². The summed E-state index contributed by atoms with van der Waals surface area (Å²) < 4.78 is 33.1. The molecule has 1 aromatic carbocycles. The van der Waals surface area contributed by atoms with Crippen molar-refractivity contribution in [2.24, 2.45) is 0 Å². The minimum absolute atomic E-state index is 0.104. The molecule has 0 aromatic heterocycles. The fraction of sp³-hybridized carbons (Fsp3) is 0.643. The lowest BCUT2D eigenvalue weighted by Gasteiger charge is -2.33. The molecule has 2 aliphatic rings. The highest BCUT2D eigenvalue weighted by molar-refractivity contribution is 7.89. The number of sulfonamides is 1. The van der Waals surface area contributed by atoms with Gasteiger partial charge in [0.15, 0.2) is 0 Å². The van der Waals surface area contributed by atoms with Gasteiger partial charge in [0.2, 0.25) is 21.8 Å². The van der Waals surface area contributed by atoms with Crippen LogP contribution in [0.5, 0.6) is 5.75 Å². The first-order chi connectivity index (χ1) is 18.3. The van der Waals surface area contributed by atoms with Crippen LogP contribution in [0.3, 0.4) is 0 Å². The predicted octanol–water partition coefficient (Wildman–Crippen LogP) is 2.01. The molecular formula is C28H45N5O5S. The van der Waals surface area contributed by atoms with Crippen molar-refractivity contribution in [2.75, 3.05) is 68.0 Å². The van der Waals surface area contributed by atoms with Gasteiger partial charge in [-0.25, -0.2) is 8.42 Å². The summed E-state index contributed by atoms with van der Waals surface area (Å²) in [6, 6.07) is 3.99. The molecule has 11 heteroatoms. The van der Waals surface area contributed by atoms with Gasteiger partial charge in [-0.05, 0) is 82.9 Å². The topological polar surface area (TPSA) is 102 Å². The molecule has 2 amide bonds. The van der Waals surface area contributed by atoms with Crippen molar-refractivity contribution in [2.45, 2.75) is 56.4 Å². The van der Waals surface area contributed by atoms with Crippen LogP contribution in [0.25, 0.3) is 0 Å². The van der Waals surface area contributed by atoms with Crippen molar-refractivity contribution < 1.29 is 22.7 Å². The van der Waals surface area contributed by atoms with Gasteiger partial charge in [0, 0.05) is 38.9 Å². The quantitative estimate of drug-likeness (QED) is 0.465.